The van der Waals surface area contributed by atoms with Crippen molar-refractivity contribution in [3.05, 3.63) is 97.2 Å². The molecular weight excluding hydrogens is 382 g/mol. The lowest BCUT2D eigenvalue weighted by Crippen LogP contribution is -2.37. The second-order valence-electron chi connectivity index (χ2n) is 7.31. The summed E-state index contributed by atoms with van der Waals surface area (Å²) in [4.78, 5) is 40.9. The van der Waals surface area contributed by atoms with Gasteiger partial charge >= 0.3 is 5.69 Å². The second-order valence-corrected chi connectivity index (χ2v) is 7.31. The number of benzene rings is 2. The minimum atomic E-state index is -0.632. The van der Waals surface area contributed by atoms with Crippen molar-refractivity contribution in [2.45, 2.75) is 12.8 Å². The average molecular weight is 401 g/mol. The van der Waals surface area contributed by atoms with E-state index in [1.807, 2.05) is 49.4 Å². The summed E-state index contributed by atoms with van der Waals surface area (Å²) in [6, 6.07) is 14.7. The van der Waals surface area contributed by atoms with Gasteiger partial charge in [-0.2, -0.15) is 0 Å². The van der Waals surface area contributed by atoms with Gasteiger partial charge in [0.05, 0.1) is 17.9 Å². The van der Waals surface area contributed by atoms with Crippen molar-refractivity contribution in [2.24, 2.45) is 7.05 Å². The number of Topliss-reactive ketones (excluding diaryl/α,β-unsaturated/α-hetero) is 1. The number of carbonyl (C=O) groups is 1. The van der Waals surface area contributed by atoms with Crippen molar-refractivity contribution < 1.29 is 9.53 Å². The van der Waals surface area contributed by atoms with Gasteiger partial charge in [-0.3, -0.25) is 19.1 Å². The smallest absolute Gasteiger partial charge is 0.329 e. The van der Waals surface area contributed by atoms with Gasteiger partial charge in [-0.25, -0.2) is 4.79 Å². The summed E-state index contributed by atoms with van der Waals surface area (Å²) in [6.07, 6.45) is 0. The van der Waals surface area contributed by atoms with E-state index in [-0.39, 0.29) is 5.78 Å². The van der Waals surface area contributed by atoms with Crippen molar-refractivity contribution in [1.29, 1.82) is 0 Å². The van der Waals surface area contributed by atoms with Crippen molar-refractivity contribution >= 4 is 17.3 Å². The van der Waals surface area contributed by atoms with Crippen LogP contribution >= 0.6 is 0 Å². The normalized spacial score (nSPS) is 16.6. The molecule has 0 bridgehead atoms. The highest BCUT2D eigenvalue weighted by Gasteiger charge is 2.42. The Morgan fingerprint density at radius 3 is 2.57 bits per heavy atom. The topological polar surface area (TPSA) is 93.2 Å². The van der Waals surface area contributed by atoms with Crippen molar-refractivity contribution in [1.82, 2.24) is 9.55 Å². The minimum Gasteiger partial charge on any atom is -0.494 e. The molecule has 0 radical (unpaired) electrons. The molecule has 2 heterocycles. The van der Waals surface area contributed by atoms with Crippen LogP contribution in [0.3, 0.4) is 0 Å². The van der Waals surface area contributed by atoms with Gasteiger partial charge in [0, 0.05) is 29.7 Å². The fourth-order valence-electron chi connectivity index (χ4n) is 4.32. The number of anilines is 1. The van der Waals surface area contributed by atoms with E-state index in [2.05, 4.69) is 10.3 Å². The van der Waals surface area contributed by atoms with Gasteiger partial charge in [0.15, 0.2) is 5.78 Å². The first-order valence-electron chi connectivity index (χ1n) is 9.72. The lowest BCUT2D eigenvalue weighted by atomic mass is 9.81. The summed E-state index contributed by atoms with van der Waals surface area (Å²) in [5.41, 5.74) is 2.54. The maximum Gasteiger partial charge on any atom is 0.329 e. The maximum absolute atomic E-state index is 13.4. The monoisotopic (exact) mass is 401 g/mol. The van der Waals surface area contributed by atoms with Crippen LogP contribution in [0.15, 0.2) is 63.7 Å². The van der Waals surface area contributed by atoms with Gasteiger partial charge in [0.25, 0.3) is 5.56 Å². The first-order chi connectivity index (χ1) is 14.5. The summed E-state index contributed by atoms with van der Waals surface area (Å²) in [7, 11) is 1.59. The van der Waals surface area contributed by atoms with Crippen LogP contribution in [0.2, 0.25) is 0 Å². The van der Waals surface area contributed by atoms with Gasteiger partial charge in [0.2, 0.25) is 0 Å². The van der Waals surface area contributed by atoms with Gasteiger partial charge in [-0.15, -0.1) is 0 Å². The number of carbonyl (C=O) groups excluding carboxylic acids is 1. The van der Waals surface area contributed by atoms with Crippen LogP contribution in [-0.4, -0.2) is 21.9 Å². The van der Waals surface area contributed by atoms with Crippen molar-refractivity contribution in [2.75, 3.05) is 11.9 Å². The molecule has 5 rings (SSSR count). The molecule has 2 N–H and O–H groups in total. The van der Waals surface area contributed by atoms with Crippen LogP contribution in [0, 0.1) is 0 Å². The number of ether oxygens (including phenoxy) is 1. The zero-order chi connectivity index (χ0) is 21.0. The van der Waals surface area contributed by atoms with E-state index in [0.717, 1.165) is 11.1 Å². The second kappa shape index (κ2) is 6.59. The van der Waals surface area contributed by atoms with Gasteiger partial charge in [-0.1, -0.05) is 36.4 Å². The number of aromatic amines is 1. The van der Waals surface area contributed by atoms with Gasteiger partial charge in [-0.05, 0) is 24.6 Å². The molecule has 0 fully saturated rings. The van der Waals surface area contributed by atoms with E-state index in [4.69, 9.17) is 4.74 Å². The Morgan fingerprint density at radius 2 is 1.80 bits per heavy atom. The lowest BCUT2D eigenvalue weighted by Gasteiger charge is -2.29. The molecule has 150 valence electrons. The van der Waals surface area contributed by atoms with Crippen LogP contribution in [-0.2, 0) is 7.05 Å². The van der Waals surface area contributed by atoms with Crippen LogP contribution in [0.1, 0.15) is 39.9 Å². The van der Waals surface area contributed by atoms with Crippen LogP contribution in [0.25, 0.3) is 5.70 Å². The largest absolute Gasteiger partial charge is 0.494 e. The molecule has 1 atom stereocenters. The number of nitrogens with one attached hydrogen (secondary N) is 2. The number of H-pyrrole nitrogens is 1. The molecule has 0 saturated heterocycles. The molecule has 0 amide bonds. The quantitative estimate of drug-likeness (QED) is 0.704. The van der Waals surface area contributed by atoms with E-state index in [9.17, 15) is 14.4 Å². The molecule has 7 nitrogen and oxygen atoms in total. The number of nitrogens with zero attached hydrogens (tertiary/aromatic N) is 1. The molecule has 2 aromatic carbocycles. The third-order valence-electron chi connectivity index (χ3n) is 5.64. The lowest BCUT2D eigenvalue weighted by molar-refractivity contribution is 0.103. The standard InChI is InChI=1S/C23H19N3O4/c1-3-30-13-8-6-7-12(11-13)16-17-19(14-9-4-5-10-15(14)20(17)27)24-21-18(16)22(28)25-23(29)26(21)2/h4-11,16,24H,3H2,1-2H3,(H,25,28,29). The Kier molecular flexibility index (Phi) is 3.99. The zero-order valence-corrected chi connectivity index (χ0v) is 16.5. The number of allylic oxidation sites excluding steroid dienone is 1. The Morgan fingerprint density at radius 1 is 1.03 bits per heavy atom. The molecule has 7 heteroatoms. The van der Waals surface area contributed by atoms with Crippen molar-refractivity contribution in [3.63, 3.8) is 0 Å². The summed E-state index contributed by atoms with van der Waals surface area (Å²) in [5, 5.41) is 3.21. The number of hydrogen-bond donors (Lipinski definition) is 2. The van der Waals surface area contributed by atoms with E-state index in [1.54, 1.807) is 13.1 Å². The summed E-state index contributed by atoms with van der Waals surface area (Å²) in [6.45, 7) is 2.39. The van der Waals surface area contributed by atoms with E-state index < -0.39 is 17.2 Å². The maximum atomic E-state index is 13.4. The number of aromatic nitrogens is 2. The molecule has 2 aliphatic rings. The van der Waals surface area contributed by atoms with Crippen molar-refractivity contribution in [3.8, 4) is 5.75 Å². The predicted octanol–water partition coefficient (Wildman–Crippen LogP) is 2.64. The van der Waals surface area contributed by atoms with Gasteiger partial charge in [0.1, 0.15) is 11.6 Å². The highest BCUT2D eigenvalue weighted by atomic mass is 16.5. The van der Waals surface area contributed by atoms with Crippen LogP contribution in [0.5, 0.6) is 5.75 Å². The number of hydrogen-bond acceptors (Lipinski definition) is 5. The third-order valence-corrected chi connectivity index (χ3v) is 5.64. The van der Waals surface area contributed by atoms with Crippen LogP contribution in [0.4, 0.5) is 5.82 Å². The Labute approximate surface area is 171 Å². The fraction of sp³-hybridized carbons (Fsp3) is 0.174. The number of fused-ring (bicyclic) bond motifs is 3. The van der Waals surface area contributed by atoms with Crippen LogP contribution < -0.4 is 21.3 Å². The molecule has 1 aromatic heterocycles. The molecule has 0 spiro atoms. The summed E-state index contributed by atoms with van der Waals surface area (Å²) in [5.74, 6) is 0.283. The fourth-order valence-corrected chi connectivity index (χ4v) is 4.32. The zero-order valence-electron chi connectivity index (χ0n) is 16.5. The molecule has 3 aromatic rings. The molecule has 1 unspecified atom stereocenters. The first kappa shape index (κ1) is 18.2. The highest BCUT2D eigenvalue weighted by Crippen LogP contribution is 2.48. The molecule has 1 aliphatic heterocycles. The molecule has 1 aliphatic carbocycles. The Balaban J connectivity index is 1.83. The molecule has 30 heavy (non-hydrogen) atoms. The SMILES string of the molecule is CCOc1cccc(C2C3=C(Nc4c2c(=O)[nH]c(=O)n4C)c2ccccc2C3=O)c1. The minimum absolute atomic E-state index is 0.126. The highest BCUT2D eigenvalue weighted by molar-refractivity contribution is 6.23. The predicted molar refractivity (Wildman–Crippen MR) is 113 cm³/mol. The van der Waals surface area contributed by atoms with Gasteiger partial charge < -0.3 is 10.1 Å². The summed E-state index contributed by atoms with van der Waals surface area (Å²) >= 11 is 0. The third kappa shape index (κ3) is 2.48. The molecular formula is C23H19N3O4. The Hall–Kier alpha value is -3.87. The Bertz CT molecular complexity index is 1360. The van der Waals surface area contributed by atoms with E-state index in [1.165, 1.54) is 4.57 Å². The molecule has 0 saturated carbocycles. The first-order valence-corrected chi connectivity index (χ1v) is 9.72. The van der Waals surface area contributed by atoms with E-state index in [0.29, 0.717) is 40.6 Å². The number of rotatable bonds is 3. The average Bonchev–Trinajstić information content (AvgIpc) is 3.03. The van der Waals surface area contributed by atoms with E-state index >= 15 is 0 Å². The summed E-state index contributed by atoms with van der Waals surface area (Å²) < 4.78 is 7.01. The number of ketones is 1.